The largest absolute Gasteiger partial charge is 0.495 e. The van der Waals surface area contributed by atoms with Gasteiger partial charge in [-0.25, -0.2) is 4.98 Å². The molecule has 0 amide bonds. The van der Waals surface area contributed by atoms with Crippen molar-refractivity contribution in [1.82, 2.24) is 9.38 Å². The lowest BCUT2D eigenvalue weighted by Crippen LogP contribution is -2.23. The molecule has 0 bridgehead atoms. The minimum absolute atomic E-state index is 0.450. The summed E-state index contributed by atoms with van der Waals surface area (Å²) >= 11 is 6.49. The van der Waals surface area contributed by atoms with E-state index in [-0.39, 0.29) is 0 Å². The molecule has 0 unspecified atom stereocenters. The molecule has 1 aliphatic rings. The van der Waals surface area contributed by atoms with Crippen LogP contribution in [-0.4, -0.2) is 29.6 Å². The van der Waals surface area contributed by atoms with E-state index in [9.17, 15) is 0 Å². The van der Waals surface area contributed by atoms with Crippen LogP contribution in [0, 0.1) is 0 Å². The highest BCUT2D eigenvalue weighted by Crippen LogP contribution is 2.39. The molecular weight excluding hydrogens is 434 g/mol. The lowest BCUT2D eigenvalue weighted by atomic mass is 10.1. The molecule has 0 saturated carbocycles. The molecule has 6 heteroatoms. The summed E-state index contributed by atoms with van der Waals surface area (Å²) in [6.45, 7) is 2.66. The monoisotopic (exact) mass is 461 g/mol. The summed E-state index contributed by atoms with van der Waals surface area (Å²) in [6, 6.07) is 18.2. The molecule has 170 valence electrons. The normalized spacial score (nSPS) is 14.3. The number of aromatic nitrogens is 2. The predicted octanol–water partition coefficient (Wildman–Crippen LogP) is 6.62. The van der Waals surface area contributed by atoms with Gasteiger partial charge >= 0.3 is 0 Å². The Morgan fingerprint density at radius 1 is 0.939 bits per heavy atom. The van der Waals surface area contributed by atoms with Gasteiger partial charge in [-0.05, 0) is 30.5 Å². The van der Waals surface area contributed by atoms with Crippen molar-refractivity contribution in [3.05, 3.63) is 77.6 Å². The molecular formula is C27H28ClN3O2. The van der Waals surface area contributed by atoms with Gasteiger partial charge in [0.2, 0.25) is 0 Å². The maximum absolute atomic E-state index is 6.49. The Bertz CT molecular complexity index is 1230. The fraction of sp³-hybridized carbons (Fsp3) is 0.296. The molecule has 2 aromatic heterocycles. The Morgan fingerprint density at radius 3 is 2.48 bits per heavy atom. The predicted molar refractivity (Wildman–Crippen MR) is 134 cm³/mol. The third kappa shape index (κ3) is 4.79. The lowest BCUT2D eigenvalue weighted by Gasteiger charge is -2.22. The molecule has 1 fully saturated rings. The number of nitrogens with zero attached hydrogens (tertiary/aromatic N) is 3. The van der Waals surface area contributed by atoms with Crippen molar-refractivity contribution in [2.24, 2.45) is 0 Å². The van der Waals surface area contributed by atoms with Crippen molar-refractivity contribution in [3.63, 3.8) is 0 Å². The highest BCUT2D eigenvalue weighted by molar-refractivity contribution is 6.32. The number of methoxy groups -OCH3 is 1. The van der Waals surface area contributed by atoms with Crippen LogP contribution in [0.1, 0.15) is 31.2 Å². The first kappa shape index (κ1) is 21.7. The summed E-state index contributed by atoms with van der Waals surface area (Å²) < 4.78 is 13.7. The van der Waals surface area contributed by atoms with E-state index in [4.69, 9.17) is 26.1 Å². The Kier molecular flexibility index (Phi) is 6.40. The van der Waals surface area contributed by atoms with Crippen molar-refractivity contribution >= 4 is 22.9 Å². The van der Waals surface area contributed by atoms with Gasteiger partial charge in [-0.1, -0.05) is 54.8 Å². The molecule has 5 nitrogen and oxygen atoms in total. The van der Waals surface area contributed by atoms with Crippen molar-refractivity contribution in [2.45, 2.75) is 32.3 Å². The Balaban J connectivity index is 1.49. The molecule has 2 aromatic carbocycles. The van der Waals surface area contributed by atoms with Gasteiger partial charge in [0, 0.05) is 48.9 Å². The van der Waals surface area contributed by atoms with Crippen molar-refractivity contribution in [3.8, 4) is 22.8 Å². The average molecular weight is 462 g/mol. The number of ether oxygens (including phenoxy) is 2. The van der Waals surface area contributed by atoms with Crippen LogP contribution < -0.4 is 14.4 Å². The first-order valence-electron chi connectivity index (χ1n) is 11.5. The molecule has 0 atom stereocenters. The number of pyridine rings is 1. The average Bonchev–Trinajstić information content (AvgIpc) is 3.08. The van der Waals surface area contributed by atoms with Gasteiger partial charge in [-0.3, -0.25) is 0 Å². The molecule has 33 heavy (non-hydrogen) atoms. The molecule has 1 saturated heterocycles. The number of halogens is 1. The van der Waals surface area contributed by atoms with Crippen LogP contribution in [0.3, 0.4) is 0 Å². The highest BCUT2D eigenvalue weighted by Gasteiger charge is 2.17. The third-order valence-corrected chi connectivity index (χ3v) is 6.48. The zero-order chi connectivity index (χ0) is 22.6. The van der Waals surface area contributed by atoms with E-state index in [1.54, 1.807) is 7.11 Å². The molecule has 5 rings (SSSR count). The molecule has 0 radical (unpaired) electrons. The van der Waals surface area contributed by atoms with E-state index in [0.29, 0.717) is 23.1 Å². The zero-order valence-electron chi connectivity index (χ0n) is 18.8. The number of fused-ring (bicyclic) bond motifs is 1. The van der Waals surface area contributed by atoms with E-state index in [1.807, 2.05) is 48.7 Å². The quantitative estimate of drug-likeness (QED) is 0.323. The number of hydrogen-bond donors (Lipinski definition) is 0. The number of rotatable bonds is 6. The Labute approximate surface area is 199 Å². The summed E-state index contributed by atoms with van der Waals surface area (Å²) in [7, 11) is 1.61. The summed E-state index contributed by atoms with van der Waals surface area (Å²) in [6.07, 6.45) is 9.23. The summed E-state index contributed by atoms with van der Waals surface area (Å²) in [5.74, 6) is 1.27. The molecule has 1 aliphatic heterocycles. The molecule has 0 N–H and O–H groups in total. The zero-order valence-corrected chi connectivity index (χ0v) is 19.6. The second-order valence-corrected chi connectivity index (χ2v) is 8.84. The number of imidazole rings is 1. The van der Waals surface area contributed by atoms with Gasteiger partial charge in [0.05, 0.1) is 17.8 Å². The minimum atomic E-state index is 0.450. The number of anilines is 1. The van der Waals surface area contributed by atoms with Crippen LogP contribution in [0.5, 0.6) is 11.5 Å². The molecule has 0 aliphatic carbocycles. The Hall–Kier alpha value is -3.18. The van der Waals surface area contributed by atoms with Gasteiger partial charge in [-0.2, -0.15) is 0 Å². The maximum atomic E-state index is 6.49. The van der Waals surface area contributed by atoms with Crippen LogP contribution >= 0.6 is 11.6 Å². The van der Waals surface area contributed by atoms with Crippen molar-refractivity contribution < 1.29 is 9.47 Å². The van der Waals surface area contributed by atoms with Crippen LogP contribution in [0.15, 0.2) is 67.0 Å². The SMILES string of the molecule is COc1cc(OCc2ccccc2)c(-c2cn3ccc(N4CCCCCC4)cc3n2)cc1Cl. The molecule has 0 spiro atoms. The summed E-state index contributed by atoms with van der Waals surface area (Å²) in [5.41, 5.74) is 4.89. The van der Waals surface area contributed by atoms with E-state index in [0.717, 1.165) is 35.6 Å². The van der Waals surface area contributed by atoms with E-state index in [1.165, 1.54) is 31.4 Å². The van der Waals surface area contributed by atoms with Crippen molar-refractivity contribution in [2.75, 3.05) is 25.1 Å². The van der Waals surface area contributed by atoms with Crippen LogP contribution in [0.25, 0.3) is 16.9 Å². The minimum Gasteiger partial charge on any atom is -0.495 e. The third-order valence-electron chi connectivity index (χ3n) is 6.18. The highest BCUT2D eigenvalue weighted by atomic mass is 35.5. The maximum Gasteiger partial charge on any atom is 0.141 e. The van der Waals surface area contributed by atoms with E-state index >= 15 is 0 Å². The lowest BCUT2D eigenvalue weighted by molar-refractivity contribution is 0.305. The first-order chi connectivity index (χ1) is 16.2. The van der Waals surface area contributed by atoms with Gasteiger partial charge in [0.1, 0.15) is 23.8 Å². The molecule has 4 aromatic rings. The van der Waals surface area contributed by atoms with E-state index in [2.05, 4.69) is 27.6 Å². The van der Waals surface area contributed by atoms with E-state index < -0.39 is 0 Å². The summed E-state index contributed by atoms with van der Waals surface area (Å²) in [4.78, 5) is 7.40. The standard InChI is InChI=1S/C27H28ClN3O2/c1-32-26-17-25(33-19-20-9-5-4-6-10-20)22(16-23(26)28)24-18-31-14-11-21(15-27(31)29-24)30-12-7-2-3-8-13-30/h4-6,9-11,14-18H,2-3,7-8,12-13,19H2,1H3. The summed E-state index contributed by atoms with van der Waals surface area (Å²) in [5, 5.41) is 0.530. The van der Waals surface area contributed by atoms with Crippen LogP contribution in [0.4, 0.5) is 5.69 Å². The topological polar surface area (TPSA) is 39.0 Å². The fourth-order valence-corrected chi connectivity index (χ4v) is 4.61. The second-order valence-electron chi connectivity index (χ2n) is 8.44. The van der Waals surface area contributed by atoms with Gasteiger partial charge < -0.3 is 18.8 Å². The smallest absolute Gasteiger partial charge is 0.141 e. The number of hydrogen-bond acceptors (Lipinski definition) is 4. The first-order valence-corrected chi connectivity index (χ1v) is 11.9. The number of benzene rings is 2. The van der Waals surface area contributed by atoms with Crippen LogP contribution in [0.2, 0.25) is 5.02 Å². The van der Waals surface area contributed by atoms with Gasteiger partial charge in [-0.15, -0.1) is 0 Å². The molecule has 3 heterocycles. The van der Waals surface area contributed by atoms with Crippen molar-refractivity contribution in [1.29, 1.82) is 0 Å². The fourth-order valence-electron chi connectivity index (χ4n) is 4.37. The van der Waals surface area contributed by atoms with Gasteiger partial charge in [0.15, 0.2) is 0 Å². The second kappa shape index (κ2) is 9.75. The van der Waals surface area contributed by atoms with Gasteiger partial charge in [0.25, 0.3) is 0 Å². The Morgan fingerprint density at radius 2 is 1.73 bits per heavy atom. The van der Waals surface area contributed by atoms with Crippen LogP contribution in [-0.2, 0) is 6.61 Å².